The van der Waals surface area contributed by atoms with Crippen LogP contribution in [0.1, 0.15) is 73.9 Å². The zero-order chi connectivity index (χ0) is 17.1. The molecule has 0 aromatic carbocycles. The highest BCUT2D eigenvalue weighted by atomic mass is 16.5. The van der Waals surface area contributed by atoms with Gasteiger partial charge in [-0.15, -0.1) is 0 Å². The Morgan fingerprint density at radius 1 is 1.04 bits per heavy atom. The monoisotopic (exact) mass is 321 g/mol. The van der Waals surface area contributed by atoms with Gasteiger partial charge in [-0.1, -0.05) is 52.5 Å². The first-order valence-corrected chi connectivity index (χ1v) is 8.39. The molecule has 0 aliphatic carbocycles. The van der Waals surface area contributed by atoms with Crippen LogP contribution in [0.3, 0.4) is 0 Å². The van der Waals surface area contributed by atoms with Gasteiger partial charge in [0.1, 0.15) is 11.4 Å². The van der Waals surface area contributed by atoms with Crippen LogP contribution < -0.4 is 0 Å². The summed E-state index contributed by atoms with van der Waals surface area (Å²) >= 11 is 0. The number of hydrogen-bond donors (Lipinski definition) is 0. The number of unbranched alkanes of at least 4 members (excludes halogenated alkanes) is 3. The first-order chi connectivity index (χ1) is 11.1. The maximum atomic E-state index is 11.9. The van der Waals surface area contributed by atoms with Gasteiger partial charge in [0, 0.05) is 0 Å². The number of esters is 2. The number of rotatable bonds is 10. The molecule has 1 rings (SSSR count). The number of hydrogen-bond acceptors (Lipinski definition) is 5. The molecule has 1 unspecified atom stereocenters. The van der Waals surface area contributed by atoms with E-state index < -0.39 is 11.9 Å². The van der Waals surface area contributed by atoms with Crippen molar-refractivity contribution in [1.82, 2.24) is 4.98 Å². The smallest absolute Gasteiger partial charge is 0.356 e. The van der Waals surface area contributed by atoms with E-state index in [9.17, 15) is 9.59 Å². The van der Waals surface area contributed by atoms with Crippen molar-refractivity contribution in [2.24, 2.45) is 5.92 Å². The normalized spacial score (nSPS) is 11.8. The molecule has 5 heteroatoms. The molecule has 0 N–H and O–H groups in total. The van der Waals surface area contributed by atoms with E-state index in [-0.39, 0.29) is 11.4 Å². The zero-order valence-corrected chi connectivity index (χ0v) is 14.3. The fourth-order valence-electron chi connectivity index (χ4n) is 1.84. The molecule has 128 valence electrons. The van der Waals surface area contributed by atoms with Gasteiger partial charge < -0.3 is 9.47 Å². The van der Waals surface area contributed by atoms with Crippen LogP contribution in [0.15, 0.2) is 18.2 Å². The van der Waals surface area contributed by atoms with Crippen LogP contribution in [0.5, 0.6) is 0 Å². The van der Waals surface area contributed by atoms with Crippen molar-refractivity contribution < 1.29 is 19.1 Å². The summed E-state index contributed by atoms with van der Waals surface area (Å²) in [7, 11) is 0. The van der Waals surface area contributed by atoms with Gasteiger partial charge in [-0.3, -0.25) is 0 Å². The van der Waals surface area contributed by atoms with E-state index in [4.69, 9.17) is 9.47 Å². The van der Waals surface area contributed by atoms with Crippen molar-refractivity contribution in [1.29, 1.82) is 0 Å². The van der Waals surface area contributed by atoms with Crippen LogP contribution in [0.2, 0.25) is 0 Å². The Morgan fingerprint density at radius 3 is 2.30 bits per heavy atom. The lowest BCUT2D eigenvalue weighted by Crippen LogP contribution is -2.15. The molecule has 0 fully saturated rings. The van der Waals surface area contributed by atoms with Gasteiger partial charge in [-0.2, -0.15) is 0 Å². The third-order valence-electron chi connectivity index (χ3n) is 3.59. The summed E-state index contributed by atoms with van der Waals surface area (Å²) in [5.74, 6) is -0.712. The van der Waals surface area contributed by atoms with Crippen LogP contribution >= 0.6 is 0 Å². The highest BCUT2D eigenvalue weighted by Gasteiger charge is 2.15. The van der Waals surface area contributed by atoms with Gasteiger partial charge in [0.25, 0.3) is 0 Å². The standard InChI is InChI=1S/C18H27NO4/c1-4-6-7-8-12-22-17(20)15-10-9-11-16(19-15)18(21)23-13-14(3)5-2/h9-11,14H,4-8,12-13H2,1-3H3. The largest absolute Gasteiger partial charge is 0.461 e. The topological polar surface area (TPSA) is 65.5 Å². The second kappa shape index (κ2) is 10.8. The summed E-state index contributed by atoms with van der Waals surface area (Å²) in [6.07, 6.45) is 5.09. The van der Waals surface area contributed by atoms with Crippen LogP contribution in [0.4, 0.5) is 0 Å². The molecule has 0 aliphatic heterocycles. The minimum atomic E-state index is -0.511. The highest BCUT2D eigenvalue weighted by molar-refractivity contribution is 5.91. The third kappa shape index (κ3) is 7.26. The maximum absolute atomic E-state index is 11.9. The van der Waals surface area contributed by atoms with Crippen molar-refractivity contribution in [3.63, 3.8) is 0 Å². The number of nitrogens with zero attached hydrogens (tertiary/aromatic N) is 1. The number of carbonyl (C=O) groups excluding carboxylic acids is 2. The molecule has 0 saturated carbocycles. The fraction of sp³-hybridized carbons (Fsp3) is 0.611. The average molecular weight is 321 g/mol. The lowest BCUT2D eigenvalue weighted by Gasteiger charge is -2.09. The van der Waals surface area contributed by atoms with E-state index in [0.717, 1.165) is 32.1 Å². The maximum Gasteiger partial charge on any atom is 0.356 e. The summed E-state index contributed by atoms with van der Waals surface area (Å²) < 4.78 is 10.4. The Bertz CT molecular complexity index is 502. The van der Waals surface area contributed by atoms with E-state index in [0.29, 0.717) is 19.1 Å². The molecular weight excluding hydrogens is 294 g/mol. The SMILES string of the molecule is CCCCCCOC(=O)c1cccc(C(=O)OCC(C)CC)n1. The van der Waals surface area contributed by atoms with Gasteiger partial charge >= 0.3 is 11.9 Å². The Morgan fingerprint density at radius 2 is 1.70 bits per heavy atom. The quantitative estimate of drug-likeness (QED) is 0.481. The molecule has 0 amide bonds. The second-order valence-corrected chi connectivity index (χ2v) is 5.72. The average Bonchev–Trinajstić information content (AvgIpc) is 2.59. The van der Waals surface area contributed by atoms with E-state index in [1.807, 2.05) is 13.8 Å². The van der Waals surface area contributed by atoms with E-state index >= 15 is 0 Å². The molecular formula is C18H27NO4. The third-order valence-corrected chi connectivity index (χ3v) is 3.59. The predicted octanol–water partition coefficient (Wildman–Crippen LogP) is 4.02. The molecule has 23 heavy (non-hydrogen) atoms. The fourth-order valence-corrected chi connectivity index (χ4v) is 1.84. The molecule has 5 nitrogen and oxygen atoms in total. The summed E-state index contributed by atoms with van der Waals surface area (Å²) in [5, 5.41) is 0. The zero-order valence-electron chi connectivity index (χ0n) is 14.3. The number of pyridine rings is 1. The van der Waals surface area contributed by atoms with E-state index in [1.54, 1.807) is 12.1 Å². The number of ether oxygens (including phenoxy) is 2. The first kappa shape index (κ1) is 19.1. The van der Waals surface area contributed by atoms with E-state index in [1.165, 1.54) is 6.07 Å². The molecule has 0 aliphatic rings. The lowest BCUT2D eigenvalue weighted by atomic mass is 10.1. The molecule has 0 radical (unpaired) electrons. The van der Waals surface area contributed by atoms with Gasteiger partial charge in [0.05, 0.1) is 13.2 Å². The predicted molar refractivity (Wildman–Crippen MR) is 88.4 cm³/mol. The van der Waals surface area contributed by atoms with Crippen molar-refractivity contribution in [2.75, 3.05) is 13.2 Å². The Balaban J connectivity index is 2.51. The van der Waals surface area contributed by atoms with Gasteiger partial charge in [-0.25, -0.2) is 14.6 Å². The molecule has 0 bridgehead atoms. The van der Waals surface area contributed by atoms with Crippen molar-refractivity contribution in [3.8, 4) is 0 Å². The summed E-state index contributed by atoms with van der Waals surface area (Å²) in [4.78, 5) is 27.9. The first-order valence-electron chi connectivity index (χ1n) is 8.39. The molecule has 0 saturated heterocycles. The van der Waals surface area contributed by atoms with Crippen LogP contribution in [0, 0.1) is 5.92 Å². The van der Waals surface area contributed by atoms with Crippen LogP contribution in [-0.4, -0.2) is 30.1 Å². The summed E-state index contributed by atoms with van der Waals surface area (Å²) in [6, 6.07) is 4.69. The van der Waals surface area contributed by atoms with Crippen molar-refractivity contribution >= 4 is 11.9 Å². The van der Waals surface area contributed by atoms with Gasteiger partial charge in [0.2, 0.25) is 0 Å². The summed E-state index contributed by atoms with van der Waals surface area (Å²) in [6.45, 7) is 6.90. The molecule has 1 heterocycles. The Labute approximate surface area is 138 Å². The molecule has 1 aromatic heterocycles. The lowest BCUT2D eigenvalue weighted by molar-refractivity contribution is 0.0438. The minimum absolute atomic E-state index is 0.133. The van der Waals surface area contributed by atoms with Crippen molar-refractivity contribution in [2.45, 2.75) is 52.9 Å². The molecule has 0 spiro atoms. The second-order valence-electron chi connectivity index (χ2n) is 5.72. The highest BCUT2D eigenvalue weighted by Crippen LogP contribution is 2.07. The number of aromatic nitrogens is 1. The van der Waals surface area contributed by atoms with Gasteiger partial charge in [-0.05, 0) is 24.5 Å². The van der Waals surface area contributed by atoms with E-state index in [2.05, 4.69) is 11.9 Å². The van der Waals surface area contributed by atoms with Crippen LogP contribution in [0.25, 0.3) is 0 Å². The summed E-state index contributed by atoms with van der Waals surface area (Å²) in [5.41, 5.74) is 0.271. The Hall–Kier alpha value is -1.91. The number of carbonyl (C=O) groups is 2. The van der Waals surface area contributed by atoms with Gasteiger partial charge in [0.15, 0.2) is 0 Å². The minimum Gasteiger partial charge on any atom is -0.461 e. The van der Waals surface area contributed by atoms with Crippen molar-refractivity contribution in [3.05, 3.63) is 29.6 Å². The molecule has 1 aromatic rings. The Kier molecular flexibility index (Phi) is 8.95. The van der Waals surface area contributed by atoms with Crippen LogP contribution in [-0.2, 0) is 9.47 Å². The molecule has 1 atom stereocenters.